The van der Waals surface area contributed by atoms with Gasteiger partial charge in [0.05, 0.1) is 14.2 Å². The highest BCUT2D eigenvalue weighted by atomic mass is 16.5. The molecule has 1 amide bonds. The van der Waals surface area contributed by atoms with Gasteiger partial charge in [-0.25, -0.2) is 0 Å². The van der Waals surface area contributed by atoms with E-state index in [1.807, 2.05) is 18.2 Å². The second kappa shape index (κ2) is 8.82. The summed E-state index contributed by atoms with van der Waals surface area (Å²) in [5, 5.41) is 3.62. The Morgan fingerprint density at radius 2 is 1.72 bits per heavy atom. The molecule has 1 atom stereocenters. The largest absolute Gasteiger partial charge is 0.493 e. The fourth-order valence-corrected chi connectivity index (χ4v) is 5.51. The van der Waals surface area contributed by atoms with Crippen LogP contribution in [0.3, 0.4) is 0 Å². The number of nitrogens with one attached hydrogen (secondary N) is 1. The molecule has 29 heavy (non-hydrogen) atoms. The summed E-state index contributed by atoms with van der Waals surface area (Å²) in [6, 6.07) is 6.18. The molecule has 1 aliphatic carbocycles. The summed E-state index contributed by atoms with van der Waals surface area (Å²) in [7, 11) is 3.30. The van der Waals surface area contributed by atoms with Gasteiger partial charge in [0.2, 0.25) is 5.91 Å². The third kappa shape index (κ3) is 4.04. The van der Waals surface area contributed by atoms with Crippen molar-refractivity contribution < 1.29 is 14.3 Å². The number of carbonyl (C=O) groups excluding carboxylic acids is 1. The van der Waals surface area contributed by atoms with Crippen LogP contribution in [0.15, 0.2) is 18.2 Å². The van der Waals surface area contributed by atoms with Crippen LogP contribution in [0.2, 0.25) is 0 Å². The smallest absolute Gasteiger partial charge is 0.243 e. The minimum Gasteiger partial charge on any atom is -0.493 e. The molecule has 1 aromatic carbocycles. The Kier molecular flexibility index (Phi) is 6.18. The van der Waals surface area contributed by atoms with Gasteiger partial charge in [-0.1, -0.05) is 12.8 Å². The Morgan fingerprint density at radius 3 is 2.41 bits per heavy atom. The van der Waals surface area contributed by atoms with Gasteiger partial charge in [-0.3, -0.25) is 9.69 Å². The maximum absolute atomic E-state index is 13.7. The predicted octanol–water partition coefficient (Wildman–Crippen LogP) is 3.52. The molecule has 1 aromatic rings. The van der Waals surface area contributed by atoms with Crippen molar-refractivity contribution in [1.29, 1.82) is 0 Å². The summed E-state index contributed by atoms with van der Waals surface area (Å²) in [6.07, 6.45) is 9.04. The van der Waals surface area contributed by atoms with Crippen LogP contribution in [-0.4, -0.2) is 67.7 Å². The summed E-state index contributed by atoms with van der Waals surface area (Å²) < 4.78 is 10.8. The van der Waals surface area contributed by atoms with Crippen LogP contribution in [0.4, 0.5) is 5.69 Å². The second-order valence-corrected chi connectivity index (χ2v) is 8.74. The third-order valence-corrected chi connectivity index (χ3v) is 7.00. The molecule has 3 aliphatic rings. The van der Waals surface area contributed by atoms with E-state index in [0.717, 1.165) is 69.0 Å². The molecule has 0 bridgehead atoms. The Morgan fingerprint density at radius 1 is 1.00 bits per heavy atom. The SMILES string of the molecule is COc1ccc(N[C@@H]2CCCN(C(=O)C3(N4CCCC4)CCCC3)C2)cc1OC. The van der Waals surface area contributed by atoms with E-state index in [2.05, 4.69) is 15.1 Å². The van der Waals surface area contributed by atoms with Crippen molar-refractivity contribution in [3.63, 3.8) is 0 Å². The molecule has 4 rings (SSSR count). The Labute approximate surface area is 174 Å². The normalized spacial score (nSPS) is 24.5. The quantitative estimate of drug-likeness (QED) is 0.791. The molecule has 0 spiro atoms. The number of hydrogen-bond acceptors (Lipinski definition) is 5. The average Bonchev–Trinajstić information content (AvgIpc) is 3.46. The van der Waals surface area contributed by atoms with Crippen LogP contribution in [0, 0.1) is 0 Å². The number of piperidine rings is 1. The molecule has 2 heterocycles. The molecule has 6 nitrogen and oxygen atoms in total. The van der Waals surface area contributed by atoms with Crippen LogP contribution in [-0.2, 0) is 4.79 Å². The highest BCUT2D eigenvalue weighted by Crippen LogP contribution is 2.39. The van der Waals surface area contributed by atoms with Crippen molar-refractivity contribution in [2.45, 2.75) is 62.9 Å². The Bertz CT molecular complexity index is 711. The standard InChI is InChI=1S/C23H35N3O3/c1-28-20-10-9-18(16-21(20)29-2)24-19-8-7-13-25(17-19)22(27)23(11-3-4-12-23)26-14-5-6-15-26/h9-10,16,19,24H,3-8,11-15,17H2,1-2H3/t19-/m1/s1. The summed E-state index contributed by atoms with van der Waals surface area (Å²) >= 11 is 0. The number of nitrogens with zero attached hydrogens (tertiary/aromatic N) is 2. The number of methoxy groups -OCH3 is 2. The maximum Gasteiger partial charge on any atom is 0.243 e. The molecule has 1 N–H and O–H groups in total. The first-order chi connectivity index (χ1) is 14.2. The van der Waals surface area contributed by atoms with E-state index < -0.39 is 0 Å². The van der Waals surface area contributed by atoms with Gasteiger partial charge in [0.25, 0.3) is 0 Å². The fourth-order valence-electron chi connectivity index (χ4n) is 5.51. The number of rotatable bonds is 6. The molecule has 0 unspecified atom stereocenters. The number of ether oxygens (including phenoxy) is 2. The molecule has 6 heteroatoms. The third-order valence-electron chi connectivity index (χ3n) is 7.00. The summed E-state index contributed by atoms with van der Waals surface area (Å²) in [5.74, 6) is 1.84. The minimum absolute atomic E-state index is 0.221. The Balaban J connectivity index is 1.44. The van der Waals surface area contributed by atoms with E-state index in [4.69, 9.17) is 9.47 Å². The maximum atomic E-state index is 13.7. The lowest BCUT2D eigenvalue weighted by atomic mass is 9.91. The van der Waals surface area contributed by atoms with Crippen LogP contribution in [0.25, 0.3) is 0 Å². The number of likely N-dealkylation sites (tertiary alicyclic amines) is 2. The number of amides is 1. The zero-order chi connectivity index (χ0) is 20.3. The van der Waals surface area contributed by atoms with E-state index in [0.29, 0.717) is 5.91 Å². The van der Waals surface area contributed by atoms with E-state index >= 15 is 0 Å². The van der Waals surface area contributed by atoms with Crippen molar-refractivity contribution in [3.8, 4) is 11.5 Å². The fraction of sp³-hybridized carbons (Fsp3) is 0.696. The second-order valence-electron chi connectivity index (χ2n) is 8.74. The van der Waals surface area contributed by atoms with Crippen LogP contribution >= 0.6 is 0 Å². The van der Waals surface area contributed by atoms with Crippen LogP contribution in [0.5, 0.6) is 11.5 Å². The van der Waals surface area contributed by atoms with Gasteiger partial charge in [0.15, 0.2) is 11.5 Å². The van der Waals surface area contributed by atoms with E-state index in [-0.39, 0.29) is 11.6 Å². The van der Waals surface area contributed by atoms with Crippen LogP contribution in [0.1, 0.15) is 51.4 Å². The summed E-state index contributed by atoms with van der Waals surface area (Å²) in [5.41, 5.74) is 0.791. The molecular weight excluding hydrogens is 366 g/mol. The van der Waals surface area contributed by atoms with Gasteiger partial charge in [0, 0.05) is 30.9 Å². The van der Waals surface area contributed by atoms with E-state index in [1.165, 1.54) is 25.7 Å². The first kappa shape index (κ1) is 20.3. The molecule has 2 saturated heterocycles. The van der Waals surface area contributed by atoms with Gasteiger partial charge >= 0.3 is 0 Å². The lowest BCUT2D eigenvalue weighted by molar-refractivity contribution is -0.145. The monoisotopic (exact) mass is 401 g/mol. The first-order valence-corrected chi connectivity index (χ1v) is 11.2. The number of hydrogen-bond donors (Lipinski definition) is 1. The van der Waals surface area contributed by atoms with E-state index in [1.54, 1.807) is 14.2 Å². The zero-order valence-electron chi connectivity index (χ0n) is 17.9. The topological polar surface area (TPSA) is 54.0 Å². The molecule has 0 aromatic heterocycles. The van der Waals surface area contributed by atoms with Gasteiger partial charge in [-0.05, 0) is 63.7 Å². The van der Waals surface area contributed by atoms with Crippen molar-refractivity contribution in [2.75, 3.05) is 45.7 Å². The number of benzene rings is 1. The predicted molar refractivity (Wildman–Crippen MR) is 115 cm³/mol. The zero-order valence-corrected chi connectivity index (χ0v) is 17.9. The van der Waals surface area contributed by atoms with Gasteiger partial charge in [-0.15, -0.1) is 0 Å². The van der Waals surface area contributed by atoms with Gasteiger partial charge in [0.1, 0.15) is 5.54 Å². The van der Waals surface area contributed by atoms with Crippen molar-refractivity contribution in [2.24, 2.45) is 0 Å². The minimum atomic E-state index is -0.221. The van der Waals surface area contributed by atoms with Crippen molar-refractivity contribution >= 4 is 11.6 Å². The molecular formula is C23H35N3O3. The van der Waals surface area contributed by atoms with Gasteiger partial charge < -0.3 is 19.7 Å². The average molecular weight is 402 g/mol. The van der Waals surface area contributed by atoms with Crippen molar-refractivity contribution in [1.82, 2.24) is 9.80 Å². The van der Waals surface area contributed by atoms with Crippen molar-refractivity contribution in [3.05, 3.63) is 18.2 Å². The lowest BCUT2D eigenvalue weighted by Crippen LogP contribution is -2.59. The van der Waals surface area contributed by atoms with Crippen LogP contribution < -0.4 is 14.8 Å². The molecule has 1 saturated carbocycles. The summed E-state index contributed by atoms with van der Waals surface area (Å²) in [4.78, 5) is 18.4. The molecule has 3 fully saturated rings. The molecule has 160 valence electrons. The highest BCUT2D eigenvalue weighted by Gasteiger charge is 2.49. The molecule has 2 aliphatic heterocycles. The molecule has 0 radical (unpaired) electrons. The highest BCUT2D eigenvalue weighted by molar-refractivity contribution is 5.87. The number of anilines is 1. The van der Waals surface area contributed by atoms with E-state index in [9.17, 15) is 4.79 Å². The first-order valence-electron chi connectivity index (χ1n) is 11.2. The Hall–Kier alpha value is -1.95. The van der Waals surface area contributed by atoms with Gasteiger partial charge in [-0.2, -0.15) is 0 Å². The lowest BCUT2D eigenvalue weighted by Gasteiger charge is -2.43. The summed E-state index contributed by atoms with van der Waals surface area (Å²) in [6.45, 7) is 3.85. The number of carbonyl (C=O) groups is 1.